The highest BCUT2D eigenvalue weighted by Crippen LogP contribution is 2.33. The molecule has 0 saturated carbocycles. The van der Waals surface area contributed by atoms with Crippen molar-refractivity contribution in [2.24, 2.45) is 0 Å². The number of aromatic hydroxyl groups is 1. The van der Waals surface area contributed by atoms with E-state index in [0.717, 1.165) is 47.4 Å². The van der Waals surface area contributed by atoms with E-state index >= 15 is 0 Å². The van der Waals surface area contributed by atoms with Crippen molar-refractivity contribution < 1.29 is 9.84 Å². The van der Waals surface area contributed by atoms with Crippen LogP contribution in [0.25, 0.3) is 15.5 Å². The number of fused-ring (bicyclic) bond motifs is 1. The first-order valence-corrected chi connectivity index (χ1v) is 7.73. The fraction of sp³-hybridized carbons (Fsp3) is 0.357. The van der Waals surface area contributed by atoms with E-state index in [4.69, 9.17) is 4.74 Å². The van der Waals surface area contributed by atoms with Gasteiger partial charge in [-0.3, -0.25) is 0 Å². The van der Waals surface area contributed by atoms with E-state index in [-0.39, 0.29) is 5.75 Å². The minimum absolute atomic E-state index is 0.232. The van der Waals surface area contributed by atoms with Gasteiger partial charge in [-0.2, -0.15) is 9.61 Å². The Bertz CT molecular complexity index is 776. The van der Waals surface area contributed by atoms with Crippen molar-refractivity contribution in [1.29, 1.82) is 0 Å². The van der Waals surface area contributed by atoms with Crippen LogP contribution in [-0.4, -0.2) is 38.1 Å². The van der Waals surface area contributed by atoms with E-state index in [2.05, 4.69) is 15.3 Å². The highest BCUT2D eigenvalue weighted by atomic mass is 32.1. The van der Waals surface area contributed by atoms with Crippen molar-refractivity contribution in [3.05, 3.63) is 30.1 Å². The average molecular weight is 302 g/mol. The van der Waals surface area contributed by atoms with E-state index in [1.165, 1.54) is 11.3 Å². The van der Waals surface area contributed by atoms with Gasteiger partial charge in [-0.05, 0) is 25.0 Å². The maximum atomic E-state index is 9.95. The van der Waals surface area contributed by atoms with Gasteiger partial charge in [0, 0.05) is 19.1 Å². The molecular weight excluding hydrogens is 288 g/mol. The maximum absolute atomic E-state index is 9.95. The second kappa shape index (κ2) is 5.09. The van der Waals surface area contributed by atoms with Crippen molar-refractivity contribution in [2.75, 3.05) is 13.2 Å². The van der Waals surface area contributed by atoms with E-state index in [9.17, 15) is 5.11 Å². The number of aromatic nitrogens is 4. The molecule has 3 aromatic rings. The molecule has 0 unspecified atom stereocenters. The van der Waals surface area contributed by atoms with Crippen LogP contribution < -0.4 is 0 Å². The fourth-order valence-electron chi connectivity index (χ4n) is 2.61. The molecule has 1 aliphatic heterocycles. The molecule has 7 heteroatoms. The molecule has 1 aromatic carbocycles. The third-order valence-corrected chi connectivity index (χ3v) is 4.67. The summed E-state index contributed by atoms with van der Waals surface area (Å²) in [7, 11) is 0. The Morgan fingerprint density at radius 1 is 1.19 bits per heavy atom. The van der Waals surface area contributed by atoms with Crippen LogP contribution in [0.1, 0.15) is 24.6 Å². The minimum atomic E-state index is 0.232. The summed E-state index contributed by atoms with van der Waals surface area (Å²) in [6.07, 6.45) is 1.90. The van der Waals surface area contributed by atoms with Gasteiger partial charge in [0.05, 0.1) is 5.56 Å². The van der Waals surface area contributed by atoms with Gasteiger partial charge in [0.25, 0.3) is 0 Å². The van der Waals surface area contributed by atoms with Gasteiger partial charge in [-0.25, -0.2) is 0 Å². The van der Waals surface area contributed by atoms with Crippen molar-refractivity contribution >= 4 is 16.3 Å². The lowest BCUT2D eigenvalue weighted by molar-refractivity contribution is 0.0832. The number of phenolic OH excluding ortho intramolecular Hbond substituents is 1. The van der Waals surface area contributed by atoms with Crippen LogP contribution in [0.4, 0.5) is 0 Å². The third kappa shape index (κ3) is 2.18. The molecule has 1 fully saturated rings. The normalized spacial score (nSPS) is 16.6. The molecule has 21 heavy (non-hydrogen) atoms. The topological polar surface area (TPSA) is 72.5 Å². The fourth-order valence-corrected chi connectivity index (χ4v) is 3.49. The summed E-state index contributed by atoms with van der Waals surface area (Å²) >= 11 is 1.44. The van der Waals surface area contributed by atoms with E-state index in [1.54, 1.807) is 12.1 Å². The monoisotopic (exact) mass is 302 g/mol. The van der Waals surface area contributed by atoms with Gasteiger partial charge >= 0.3 is 0 Å². The Balaban J connectivity index is 1.77. The van der Waals surface area contributed by atoms with Crippen LogP contribution in [0.15, 0.2) is 24.3 Å². The van der Waals surface area contributed by atoms with Crippen LogP contribution in [0.5, 0.6) is 5.75 Å². The Kier molecular flexibility index (Phi) is 3.08. The third-order valence-electron chi connectivity index (χ3n) is 3.74. The van der Waals surface area contributed by atoms with Crippen molar-refractivity contribution in [1.82, 2.24) is 19.8 Å². The van der Waals surface area contributed by atoms with Gasteiger partial charge in [0.1, 0.15) is 5.75 Å². The summed E-state index contributed by atoms with van der Waals surface area (Å²) in [6, 6.07) is 7.20. The summed E-state index contributed by atoms with van der Waals surface area (Å²) in [5, 5.41) is 23.8. The second-order valence-corrected chi connectivity index (χ2v) is 6.02. The summed E-state index contributed by atoms with van der Waals surface area (Å²) in [4.78, 5) is 0.759. The van der Waals surface area contributed by atoms with Gasteiger partial charge < -0.3 is 9.84 Å². The Morgan fingerprint density at radius 2 is 2.00 bits per heavy atom. The quantitative estimate of drug-likeness (QED) is 0.787. The second-order valence-electron chi connectivity index (χ2n) is 5.06. The highest BCUT2D eigenvalue weighted by molar-refractivity contribution is 7.19. The zero-order valence-electron chi connectivity index (χ0n) is 11.3. The van der Waals surface area contributed by atoms with Gasteiger partial charge in [-0.1, -0.05) is 23.5 Å². The highest BCUT2D eigenvalue weighted by Gasteiger charge is 2.23. The molecule has 6 nitrogen and oxygen atoms in total. The van der Waals surface area contributed by atoms with E-state index < -0.39 is 0 Å². The lowest BCUT2D eigenvalue weighted by Crippen LogP contribution is -2.16. The van der Waals surface area contributed by atoms with E-state index in [0.29, 0.717) is 5.92 Å². The lowest BCUT2D eigenvalue weighted by Gasteiger charge is -2.19. The number of nitrogens with zero attached hydrogens (tertiary/aromatic N) is 4. The number of para-hydroxylation sites is 1. The molecule has 0 radical (unpaired) electrons. The first kappa shape index (κ1) is 12.7. The molecule has 0 bridgehead atoms. The van der Waals surface area contributed by atoms with Crippen molar-refractivity contribution in [3.8, 4) is 16.3 Å². The minimum Gasteiger partial charge on any atom is -0.507 e. The number of hydrogen-bond acceptors (Lipinski definition) is 6. The molecule has 3 heterocycles. The lowest BCUT2D eigenvalue weighted by atomic mass is 10.00. The number of benzene rings is 1. The molecule has 1 aliphatic rings. The van der Waals surface area contributed by atoms with Crippen LogP contribution in [0.2, 0.25) is 0 Å². The molecule has 1 saturated heterocycles. The number of phenols is 1. The molecule has 0 amide bonds. The van der Waals surface area contributed by atoms with Crippen LogP contribution in [0.3, 0.4) is 0 Å². The zero-order valence-corrected chi connectivity index (χ0v) is 12.1. The van der Waals surface area contributed by atoms with E-state index in [1.807, 2.05) is 16.6 Å². The number of rotatable bonds is 2. The maximum Gasteiger partial charge on any atom is 0.234 e. The first-order chi connectivity index (χ1) is 10.3. The van der Waals surface area contributed by atoms with Gasteiger partial charge in [-0.15, -0.1) is 10.2 Å². The SMILES string of the molecule is Oc1ccccc1-c1nn2c(C3CCOCC3)nnc2s1. The average Bonchev–Trinajstić information content (AvgIpc) is 3.08. The molecule has 108 valence electrons. The smallest absolute Gasteiger partial charge is 0.234 e. The predicted molar refractivity (Wildman–Crippen MR) is 78.6 cm³/mol. The number of hydrogen-bond donors (Lipinski definition) is 1. The van der Waals surface area contributed by atoms with Gasteiger partial charge in [0.2, 0.25) is 4.96 Å². The van der Waals surface area contributed by atoms with Gasteiger partial charge in [0.15, 0.2) is 10.8 Å². The standard InChI is InChI=1S/C14H14N4O2S/c19-11-4-2-1-3-10(11)13-17-18-12(15-16-14(18)21-13)9-5-7-20-8-6-9/h1-4,9,19H,5-8H2. The summed E-state index contributed by atoms with van der Waals surface area (Å²) in [6.45, 7) is 1.52. The summed E-state index contributed by atoms with van der Waals surface area (Å²) in [5.41, 5.74) is 0.728. The summed E-state index contributed by atoms with van der Waals surface area (Å²) < 4.78 is 7.20. The predicted octanol–water partition coefficient (Wildman–Crippen LogP) is 2.45. The molecule has 1 N–H and O–H groups in total. The zero-order chi connectivity index (χ0) is 14.2. The Hall–Kier alpha value is -1.99. The molecule has 2 aromatic heterocycles. The molecule has 4 rings (SSSR count). The summed E-state index contributed by atoms with van der Waals surface area (Å²) in [5.74, 6) is 1.47. The molecular formula is C14H14N4O2S. The Morgan fingerprint density at radius 3 is 2.81 bits per heavy atom. The number of ether oxygens (including phenoxy) is 1. The molecule has 0 spiro atoms. The molecule has 0 aliphatic carbocycles. The molecule has 0 atom stereocenters. The largest absolute Gasteiger partial charge is 0.507 e. The van der Waals surface area contributed by atoms with Crippen LogP contribution >= 0.6 is 11.3 Å². The first-order valence-electron chi connectivity index (χ1n) is 6.91. The van der Waals surface area contributed by atoms with Crippen molar-refractivity contribution in [2.45, 2.75) is 18.8 Å². The van der Waals surface area contributed by atoms with Crippen molar-refractivity contribution in [3.63, 3.8) is 0 Å². The van der Waals surface area contributed by atoms with Crippen LogP contribution in [0, 0.1) is 0 Å². The Labute approximate surface area is 125 Å². The van der Waals surface area contributed by atoms with Crippen LogP contribution in [-0.2, 0) is 4.74 Å².